The van der Waals surface area contributed by atoms with Gasteiger partial charge in [-0.3, -0.25) is 4.79 Å². The van der Waals surface area contributed by atoms with E-state index in [1.807, 2.05) is 0 Å². The van der Waals surface area contributed by atoms with E-state index in [1.165, 1.54) is 64.2 Å². The molecule has 0 aliphatic rings. The van der Waals surface area contributed by atoms with Crippen LogP contribution in [0.4, 0.5) is 0 Å². The van der Waals surface area contributed by atoms with Gasteiger partial charge in [-0.1, -0.05) is 91.9 Å². The Balaban J connectivity index is 3.49. The maximum atomic E-state index is 12.1. The Hall–Kier alpha value is -0.570. The van der Waals surface area contributed by atoms with Gasteiger partial charge in [0.05, 0.1) is 0 Å². The minimum atomic E-state index is 0.143. The normalized spacial score (nSPS) is 14.9. The van der Waals surface area contributed by atoms with Gasteiger partial charge >= 0.3 is 0 Å². The van der Waals surface area contributed by atoms with Gasteiger partial charge in [-0.15, -0.1) is 0 Å². The van der Waals surface area contributed by atoms with E-state index in [0.717, 1.165) is 25.8 Å². The van der Waals surface area contributed by atoms with E-state index >= 15 is 0 Å². The number of nitrogens with one attached hydrogen (secondary N) is 1. The number of nitrogens with two attached hydrogens (primary N) is 1. The van der Waals surface area contributed by atoms with Crippen LogP contribution in [-0.4, -0.2) is 18.5 Å². The van der Waals surface area contributed by atoms with Crippen molar-refractivity contribution in [3.8, 4) is 0 Å². The van der Waals surface area contributed by atoms with Crippen molar-refractivity contribution in [3.63, 3.8) is 0 Å². The van der Waals surface area contributed by atoms with Gasteiger partial charge in [0, 0.05) is 18.5 Å². The molecule has 0 saturated carbocycles. The van der Waals surface area contributed by atoms with Gasteiger partial charge in [0.25, 0.3) is 0 Å². The average Bonchev–Trinajstić information content (AvgIpc) is 2.61. The Labute approximate surface area is 157 Å². The molecule has 3 unspecified atom stereocenters. The third kappa shape index (κ3) is 14.3. The molecule has 3 N–H and O–H groups in total. The highest BCUT2D eigenvalue weighted by atomic mass is 16.1. The fourth-order valence-corrected chi connectivity index (χ4v) is 3.28. The summed E-state index contributed by atoms with van der Waals surface area (Å²) in [4.78, 5) is 12.1. The summed E-state index contributed by atoms with van der Waals surface area (Å²) in [6.07, 6.45) is 16.5. The van der Waals surface area contributed by atoms with Gasteiger partial charge in [0.15, 0.2) is 0 Å². The molecule has 0 aromatic heterocycles. The number of hydrogen-bond donors (Lipinski definition) is 2. The molecule has 0 aliphatic heterocycles. The Morgan fingerprint density at radius 3 is 1.88 bits per heavy atom. The van der Waals surface area contributed by atoms with Crippen molar-refractivity contribution in [1.82, 2.24) is 5.32 Å². The van der Waals surface area contributed by atoms with Crippen molar-refractivity contribution in [2.24, 2.45) is 17.6 Å². The minimum Gasteiger partial charge on any atom is -0.356 e. The minimum absolute atomic E-state index is 0.143. The fourth-order valence-electron chi connectivity index (χ4n) is 3.28. The van der Waals surface area contributed by atoms with Crippen molar-refractivity contribution in [2.45, 2.75) is 117 Å². The van der Waals surface area contributed by atoms with Gasteiger partial charge < -0.3 is 11.1 Å². The van der Waals surface area contributed by atoms with E-state index < -0.39 is 0 Å². The van der Waals surface area contributed by atoms with E-state index in [4.69, 9.17) is 5.73 Å². The maximum Gasteiger partial charge on any atom is 0.222 e. The highest BCUT2D eigenvalue weighted by Gasteiger charge is 2.14. The first-order valence-electron chi connectivity index (χ1n) is 11.1. The predicted octanol–water partition coefficient (Wildman–Crippen LogP) is 5.81. The lowest BCUT2D eigenvalue weighted by atomic mass is 9.97. The van der Waals surface area contributed by atoms with Crippen molar-refractivity contribution in [1.29, 1.82) is 0 Å². The summed E-state index contributed by atoms with van der Waals surface area (Å²) in [5.41, 5.74) is 6.03. The number of carbonyl (C=O) groups is 1. The largest absolute Gasteiger partial charge is 0.356 e. The lowest BCUT2D eigenvalue weighted by Crippen LogP contribution is -2.34. The van der Waals surface area contributed by atoms with Crippen LogP contribution in [0.1, 0.15) is 111 Å². The molecule has 150 valence electrons. The van der Waals surface area contributed by atoms with Crippen molar-refractivity contribution < 1.29 is 4.79 Å². The Morgan fingerprint density at radius 2 is 1.36 bits per heavy atom. The van der Waals surface area contributed by atoms with E-state index in [2.05, 4.69) is 33.0 Å². The zero-order valence-corrected chi connectivity index (χ0v) is 17.6. The molecule has 0 bridgehead atoms. The molecule has 1 amide bonds. The first-order chi connectivity index (χ1) is 12.0. The van der Waals surface area contributed by atoms with Crippen LogP contribution in [-0.2, 0) is 4.79 Å². The summed E-state index contributed by atoms with van der Waals surface area (Å²) in [5.74, 6) is 0.833. The summed E-state index contributed by atoms with van der Waals surface area (Å²) in [7, 11) is 0. The van der Waals surface area contributed by atoms with E-state index in [0.29, 0.717) is 5.92 Å². The highest BCUT2D eigenvalue weighted by molar-refractivity contribution is 5.78. The molecule has 0 aromatic carbocycles. The molecule has 0 saturated heterocycles. The van der Waals surface area contributed by atoms with E-state index in [9.17, 15) is 4.79 Å². The second-order valence-electron chi connectivity index (χ2n) is 8.00. The molecule has 0 radical (unpaired) electrons. The Bertz CT molecular complexity index is 306. The quantitative estimate of drug-likeness (QED) is 0.324. The molecular formula is C22H46N2O. The summed E-state index contributed by atoms with van der Waals surface area (Å²) >= 11 is 0. The zero-order valence-electron chi connectivity index (χ0n) is 17.6. The Kier molecular flexibility index (Phi) is 16.5. The summed E-state index contributed by atoms with van der Waals surface area (Å²) in [6.45, 7) is 9.38. The third-order valence-corrected chi connectivity index (χ3v) is 5.54. The summed E-state index contributed by atoms with van der Waals surface area (Å²) in [5, 5.41) is 3.08. The monoisotopic (exact) mass is 354 g/mol. The van der Waals surface area contributed by atoms with Gasteiger partial charge in [0.1, 0.15) is 0 Å². The summed E-state index contributed by atoms with van der Waals surface area (Å²) in [6, 6.07) is 0.251. The second kappa shape index (κ2) is 16.9. The van der Waals surface area contributed by atoms with Crippen LogP contribution in [0.5, 0.6) is 0 Å². The average molecular weight is 355 g/mol. The standard InChI is InChI=1S/C22H46N2O/c1-5-7-8-9-10-11-12-13-14-15-16-20(4)22(25)24-18-17-19(3)21(23)6-2/h19-21H,5-18,23H2,1-4H3,(H,24,25). The molecule has 3 nitrogen and oxygen atoms in total. The molecule has 0 rings (SSSR count). The van der Waals surface area contributed by atoms with Gasteiger partial charge in [0.2, 0.25) is 5.91 Å². The number of rotatable bonds is 17. The van der Waals surface area contributed by atoms with Crippen molar-refractivity contribution >= 4 is 5.91 Å². The number of carbonyl (C=O) groups excluding carboxylic acids is 1. The van der Waals surface area contributed by atoms with Crippen LogP contribution in [0.2, 0.25) is 0 Å². The lowest BCUT2D eigenvalue weighted by molar-refractivity contribution is -0.124. The van der Waals surface area contributed by atoms with Crippen molar-refractivity contribution in [2.75, 3.05) is 6.54 Å². The second-order valence-corrected chi connectivity index (χ2v) is 8.00. The molecule has 3 heteroatoms. The molecule has 0 spiro atoms. The predicted molar refractivity (Wildman–Crippen MR) is 111 cm³/mol. The van der Waals surface area contributed by atoms with Gasteiger partial charge in [-0.2, -0.15) is 0 Å². The van der Waals surface area contributed by atoms with Crippen molar-refractivity contribution in [3.05, 3.63) is 0 Å². The molecular weight excluding hydrogens is 308 g/mol. The smallest absolute Gasteiger partial charge is 0.222 e. The fraction of sp³-hybridized carbons (Fsp3) is 0.955. The number of amides is 1. The van der Waals surface area contributed by atoms with Gasteiger partial charge in [-0.05, 0) is 25.2 Å². The van der Waals surface area contributed by atoms with Crippen LogP contribution >= 0.6 is 0 Å². The Morgan fingerprint density at radius 1 is 0.840 bits per heavy atom. The molecule has 3 atom stereocenters. The van der Waals surface area contributed by atoms with E-state index in [1.54, 1.807) is 0 Å². The number of unbranched alkanes of at least 4 members (excludes halogenated alkanes) is 9. The first-order valence-corrected chi connectivity index (χ1v) is 11.1. The molecule has 0 aliphatic carbocycles. The topological polar surface area (TPSA) is 55.1 Å². The molecule has 0 heterocycles. The van der Waals surface area contributed by atoms with Gasteiger partial charge in [-0.25, -0.2) is 0 Å². The number of hydrogen-bond acceptors (Lipinski definition) is 2. The summed E-state index contributed by atoms with van der Waals surface area (Å²) < 4.78 is 0. The van der Waals surface area contributed by atoms with Crippen LogP contribution in [0.3, 0.4) is 0 Å². The van der Waals surface area contributed by atoms with Crippen LogP contribution in [0.25, 0.3) is 0 Å². The van der Waals surface area contributed by atoms with Crippen LogP contribution in [0, 0.1) is 11.8 Å². The molecule has 25 heavy (non-hydrogen) atoms. The lowest BCUT2D eigenvalue weighted by Gasteiger charge is -2.19. The highest BCUT2D eigenvalue weighted by Crippen LogP contribution is 2.14. The SMILES string of the molecule is CCCCCCCCCCCCC(C)C(=O)NCCC(C)C(N)CC. The zero-order chi connectivity index (χ0) is 18.9. The van der Waals surface area contributed by atoms with Crippen LogP contribution in [0.15, 0.2) is 0 Å². The van der Waals surface area contributed by atoms with E-state index in [-0.39, 0.29) is 17.9 Å². The molecule has 0 fully saturated rings. The molecule has 0 aromatic rings. The maximum absolute atomic E-state index is 12.1. The first kappa shape index (κ1) is 24.4. The van der Waals surface area contributed by atoms with Crippen LogP contribution < -0.4 is 11.1 Å². The third-order valence-electron chi connectivity index (χ3n) is 5.54.